The van der Waals surface area contributed by atoms with Gasteiger partial charge < -0.3 is 47.4 Å². The molecule has 147 heavy (non-hydrogen) atoms. The van der Waals surface area contributed by atoms with Gasteiger partial charge in [-0.3, -0.25) is 28.8 Å². The highest BCUT2D eigenvalue weighted by Crippen LogP contribution is 2.66. The molecule has 3 heterocycles. The first-order chi connectivity index (χ1) is 68.9. The van der Waals surface area contributed by atoms with Crippen molar-refractivity contribution in [2.45, 2.75) is 363 Å². The molecule has 12 atom stereocenters. The first-order valence-electron chi connectivity index (χ1n) is 52.3. The lowest BCUT2D eigenvalue weighted by molar-refractivity contribution is -0.247. The molecular formula is C116H152F6NO20S4+. The maximum Gasteiger partial charge on any atom is 0.450 e. The van der Waals surface area contributed by atoms with Crippen LogP contribution in [0, 0.1) is 91.2 Å². The molecule has 31 heteroatoms. The van der Waals surface area contributed by atoms with Crippen LogP contribution in [0.5, 0.6) is 17.2 Å². The minimum Gasteiger partial charge on any atom is -0.743 e. The van der Waals surface area contributed by atoms with Gasteiger partial charge in [0.05, 0.1) is 44.5 Å². The maximum atomic E-state index is 13.6. The van der Waals surface area contributed by atoms with Gasteiger partial charge in [0.2, 0.25) is 0 Å². The fourth-order valence-corrected chi connectivity index (χ4v) is 27.7. The molecule has 19 rings (SSSR count). The van der Waals surface area contributed by atoms with Crippen LogP contribution in [0.2, 0.25) is 0 Å². The number of nitrogens with zero attached hydrogens (tertiary/aromatic N) is 1. The Kier molecular flexibility index (Phi) is 38.2. The first-order valence-corrected chi connectivity index (χ1v) is 57.9. The summed E-state index contributed by atoms with van der Waals surface area (Å²) in [5.74, 6) is -1.61. The second-order valence-electron chi connectivity index (χ2n) is 45.0. The summed E-state index contributed by atoms with van der Waals surface area (Å²) in [6, 6.07) is 58.0. The average molecular weight is 2120 g/mol. The van der Waals surface area contributed by atoms with Gasteiger partial charge in [0, 0.05) is 40.0 Å². The van der Waals surface area contributed by atoms with E-state index in [0.29, 0.717) is 65.0 Å². The number of esters is 6. The molecule has 3 saturated heterocycles. The van der Waals surface area contributed by atoms with Gasteiger partial charge in [0.1, 0.15) is 64.4 Å². The van der Waals surface area contributed by atoms with Crippen LogP contribution in [-0.4, -0.2) is 131 Å². The van der Waals surface area contributed by atoms with E-state index in [0.717, 1.165) is 99.5 Å². The third-order valence-corrected chi connectivity index (χ3v) is 40.3. The van der Waals surface area contributed by atoms with Crippen molar-refractivity contribution < 1.29 is 119 Å². The topological polar surface area (TPSA) is 323 Å². The van der Waals surface area contributed by atoms with Crippen molar-refractivity contribution in [1.82, 2.24) is 0 Å². The summed E-state index contributed by atoms with van der Waals surface area (Å²) in [7, 11) is -13.7. The number of ether oxygens (including phenoxy) is 6. The van der Waals surface area contributed by atoms with E-state index in [2.05, 4.69) is 173 Å². The fourth-order valence-electron chi connectivity index (χ4n) is 21.9. The van der Waals surface area contributed by atoms with Gasteiger partial charge in [0.15, 0.2) is 35.1 Å². The Balaban J connectivity index is 0.000000161. The summed E-state index contributed by atoms with van der Waals surface area (Å²) in [5.41, 5.74) is -0.861. The van der Waals surface area contributed by atoms with E-state index < -0.39 is 70.7 Å². The summed E-state index contributed by atoms with van der Waals surface area (Å²) in [6.45, 7) is 38.0. The highest BCUT2D eigenvalue weighted by atomic mass is 32.2. The highest BCUT2D eigenvalue weighted by molar-refractivity contribution is 7.97. The second kappa shape index (κ2) is 47.7. The zero-order valence-corrected chi connectivity index (χ0v) is 91.9. The SMILES string of the molecule is CCC(C)(C)C(=O)OC(C)(C)C12CC3CC(CC(C3)C1)C2.CCC(C)(C)C(=O)OC1C2CC3C(=O)OC1C3C2.CCC(C)(C)C(=O)OC1C2CC3C1OC(=O)C3(C#N)C2.CCC(C)c1ccc(OS(=O)(=O)C(F)(F)C(F)(F)C(F)(F)S(=O)(=O)[O-])cc1.CCC(C)c1ccc2cc(O)ccc2c1.CCC1(OC(=O)C(C)(C)CC)CCCC1.Oc1ccc([S+]2CCCC2)cc1.c1ccc([S+](c2ccccc2)c2ccccc2)cc1. The molecule has 7 aromatic carbocycles. The fraction of sp³-hybridized carbons (Fsp3) is 0.595. The third kappa shape index (κ3) is 26.3. The zero-order valence-electron chi connectivity index (χ0n) is 88.6. The number of halogens is 6. The van der Waals surface area contributed by atoms with E-state index in [4.69, 9.17) is 33.5 Å². The van der Waals surface area contributed by atoms with Crippen LogP contribution in [0.1, 0.15) is 302 Å². The number of nitriles is 1. The number of hydrogen-bond donors (Lipinski definition) is 2. The third-order valence-electron chi connectivity index (χ3n) is 33.3. The molecule has 0 radical (unpaired) electrons. The summed E-state index contributed by atoms with van der Waals surface area (Å²) < 4.78 is 171. The maximum absolute atomic E-state index is 13.6. The molecule has 12 aliphatic rings. The van der Waals surface area contributed by atoms with Crippen LogP contribution in [0.3, 0.4) is 0 Å². The largest absolute Gasteiger partial charge is 0.743 e. The Morgan fingerprint density at radius 1 is 0.517 bits per heavy atom. The van der Waals surface area contributed by atoms with Crippen molar-refractivity contribution >= 4 is 88.6 Å². The second-order valence-corrected chi connectivity index (χ2v) is 52.3. The molecule has 0 aromatic heterocycles. The lowest BCUT2D eigenvalue weighted by Crippen LogP contribution is -2.61. The normalized spacial score (nSPS) is 25.3. The molecule has 7 aromatic rings. The number of carbonyl (C=O) groups is 6. The Morgan fingerprint density at radius 3 is 1.42 bits per heavy atom. The van der Waals surface area contributed by atoms with E-state index in [-0.39, 0.29) is 110 Å². The van der Waals surface area contributed by atoms with Crippen molar-refractivity contribution in [3.05, 3.63) is 187 Å². The van der Waals surface area contributed by atoms with E-state index in [1.165, 1.54) is 118 Å². The number of aromatic hydroxyl groups is 2. The lowest BCUT2D eigenvalue weighted by atomic mass is 9.46. The van der Waals surface area contributed by atoms with Crippen LogP contribution >= 0.6 is 0 Å². The Bertz CT molecular complexity index is 5800. The monoisotopic (exact) mass is 2120 g/mol. The van der Waals surface area contributed by atoms with Gasteiger partial charge in [-0.25, -0.2) is 8.42 Å². The molecule has 21 nitrogen and oxygen atoms in total. The number of alkyl halides is 6. The molecule has 3 aliphatic heterocycles. The van der Waals surface area contributed by atoms with Gasteiger partial charge in [-0.1, -0.05) is 153 Å². The van der Waals surface area contributed by atoms with Crippen LogP contribution in [-0.2, 0) is 99.2 Å². The Labute approximate surface area is 871 Å². The van der Waals surface area contributed by atoms with Crippen molar-refractivity contribution in [1.29, 1.82) is 5.26 Å². The number of phenols is 2. The molecular weight excluding hydrogens is 1970 g/mol. The summed E-state index contributed by atoms with van der Waals surface area (Å²) in [4.78, 5) is 78.0. The van der Waals surface area contributed by atoms with Crippen molar-refractivity contribution in [2.75, 3.05) is 11.5 Å². The lowest BCUT2D eigenvalue weighted by Gasteiger charge is -2.61. The van der Waals surface area contributed by atoms with E-state index in [1.54, 1.807) is 31.2 Å². The average Bonchev–Trinajstić information content (AvgIpc) is 1.53. The van der Waals surface area contributed by atoms with E-state index in [9.17, 15) is 86.9 Å². The van der Waals surface area contributed by atoms with Crippen molar-refractivity contribution in [3.63, 3.8) is 0 Å². The van der Waals surface area contributed by atoms with Gasteiger partial charge in [-0.05, 0) is 353 Å². The molecule has 0 spiro atoms. The Morgan fingerprint density at radius 2 is 0.959 bits per heavy atom. The zero-order chi connectivity index (χ0) is 108. The predicted octanol–water partition coefficient (Wildman–Crippen LogP) is 26.7. The summed E-state index contributed by atoms with van der Waals surface area (Å²) in [5, 5.41) is 16.4. The van der Waals surface area contributed by atoms with E-state index in [1.807, 2.05) is 89.2 Å². The molecule has 0 amide bonds. The molecule has 806 valence electrons. The number of benzene rings is 7. The van der Waals surface area contributed by atoms with Crippen molar-refractivity contribution in [3.8, 4) is 23.3 Å². The predicted molar refractivity (Wildman–Crippen MR) is 556 cm³/mol. The Hall–Kier alpha value is -9.35. The smallest absolute Gasteiger partial charge is 0.450 e. The quantitative estimate of drug-likeness (QED) is 0.0115. The van der Waals surface area contributed by atoms with Gasteiger partial charge >= 0.3 is 62.4 Å². The minimum atomic E-state index is -7.33. The summed E-state index contributed by atoms with van der Waals surface area (Å²) >= 11 is 0. The first kappa shape index (κ1) is 118. The van der Waals surface area contributed by atoms with Crippen molar-refractivity contribution in [2.24, 2.45) is 79.8 Å². The minimum absolute atomic E-state index is 0.00857. The number of carbonyl (C=O) groups excluding carboxylic acids is 6. The van der Waals surface area contributed by atoms with E-state index >= 15 is 0 Å². The van der Waals surface area contributed by atoms with Gasteiger partial charge in [-0.2, -0.15) is 40.0 Å². The van der Waals surface area contributed by atoms with Gasteiger partial charge in [-0.15, -0.1) is 0 Å². The molecule has 12 unspecified atom stereocenters. The van der Waals surface area contributed by atoms with Gasteiger partial charge in [0.25, 0.3) is 0 Å². The molecule has 12 fully saturated rings. The van der Waals surface area contributed by atoms with Crippen LogP contribution in [0.25, 0.3) is 10.8 Å². The molecule has 2 N–H and O–H groups in total. The highest BCUT2D eigenvalue weighted by Gasteiger charge is 2.81. The molecule has 9 saturated carbocycles. The number of phenolic OH excluding ortho intramolecular Hbond substituents is 2. The number of hydrogen-bond acceptors (Lipinski definition) is 21. The van der Waals surface area contributed by atoms with Crippen LogP contribution in [0.15, 0.2) is 196 Å². The summed E-state index contributed by atoms with van der Waals surface area (Å²) in [6.07, 6.45) is 23.2. The molecule has 9 aliphatic carbocycles. The number of fused-ring (bicyclic) bond motifs is 3. The van der Waals surface area contributed by atoms with Crippen LogP contribution in [0.4, 0.5) is 26.3 Å². The number of rotatable bonds is 28. The standard InChI is InChI=1S/C19H32O2.C18H15S.C15H19NO4.C14H20O4.C14H16O.C13H14F6O6S2.C13H24O2.C10H12OS/c1-6-17(2,3)16(20)21-18(4,5)19-10-13-7-14(11-19)9-15(8-13)12-19;1-4-10-16(11-5-1)19(17-12-6-2-7-13-17)18-14-8-3-9-15-18;1-4-14(2,3)12(17)19-10-8-5-9-11(10)20-13(18)15(9,6-8)7-16;1-4-14(2,3)13(16)18-10-7-5-8-9(6-7)12(15)17-11(8)10;1-3-10(2)11-4-5-13-9-14(15)7-6-12(13)8-11;1-3-8(2)9-4-6-10(7-5-9)25-27(23,24)13(18,19)11(14,15)12(16,17)26(20,21)22;1-5-12(3,4)11(14)15-13(6-2)9-7-8-10-13;11-9-3-5-10(6-4-9)12-7-1-2-8-12/h13-15H,6-12H2,1-5H3;1-15H;8-11H,4-6H2,1-3H3;7-11H,4-6H2,1-3H3;4-10,15H,3H2,1-2H3;4-8H,3H2,1-2H3,(H,20,21,22);5-10H2,1-4H3;3-6H,1-2,7-8H2/q;+1;;;;;;. The molecule has 8 bridgehead atoms. The van der Waals surface area contributed by atoms with Crippen LogP contribution < -0.4 is 4.18 Å².